The number of aryl methyl sites for hydroxylation is 1. The molecule has 132 valence electrons. The second-order valence-electron chi connectivity index (χ2n) is 5.56. The SMILES string of the molecule is COc1ccc(C(=O)Nc2ccccc2C(=O)Nc2ccn(C)n2)cc1. The Labute approximate surface area is 150 Å². The highest BCUT2D eigenvalue weighted by Crippen LogP contribution is 2.19. The van der Waals surface area contributed by atoms with Crippen molar-refractivity contribution in [3.05, 3.63) is 71.9 Å². The van der Waals surface area contributed by atoms with E-state index in [1.807, 2.05) is 0 Å². The summed E-state index contributed by atoms with van der Waals surface area (Å²) in [6.07, 6.45) is 1.73. The van der Waals surface area contributed by atoms with E-state index in [1.54, 1.807) is 79.6 Å². The zero-order valence-electron chi connectivity index (χ0n) is 14.4. The van der Waals surface area contributed by atoms with Gasteiger partial charge < -0.3 is 15.4 Å². The number of carbonyl (C=O) groups excluding carboxylic acids is 2. The molecule has 0 saturated heterocycles. The first-order chi connectivity index (χ1) is 12.6. The molecular formula is C19H18N4O3. The van der Waals surface area contributed by atoms with Gasteiger partial charge in [-0.2, -0.15) is 5.10 Å². The summed E-state index contributed by atoms with van der Waals surface area (Å²) in [5.41, 5.74) is 1.23. The Kier molecular flexibility index (Phi) is 4.98. The molecule has 7 nitrogen and oxygen atoms in total. The Balaban J connectivity index is 1.77. The monoisotopic (exact) mass is 350 g/mol. The number of methoxy groups -OCH3 is 1. The van der Waals surface area contributed by atoms with Crippen LogP contribution < -0.4 is 15.4 Å². The number of rotatable bonds is 5. The maximum absolute atomic E-state index is 12.5. The lowest BCUT2D eigenvalue weighted by Crippen LogP contribution is -2.18. The van der Waals surface area contributed by atoms with Gasteiger partial charge in [0.25, 0.3) is 11.8 Å². The van der Waals surface area contributed by atoms with Crippen molar-refractivity contribution in [3.63, 3.8) is 0 Å². The molecule has 3 rings (SSSR count). The molecule has 0 fully saturated rings. The quantitative estimate of drug-likeness (QED) is 0.741. The maximum atomic E-state index is 12.5. The molecule has 2 aromatic carbocycles. The molecule has 2 N–H and O–H groups in total. The number of carbonyl (C=O) groups is 2. The normalized spacial score (nSPS) is 10.2. The molecule has 0 saturated carbocycles. The summed E-state index contributed by atoms with van der Waals surface area (Å²) in [5, 5.41) is 9.59. The van der Waals surface area contributed by atoms with Gasteiger partial charge in [-0.1, -0.05) is 12.1 Å². The van der Waals surface area contributed by atoms with Crippen LogP contribution in [0, 0.1) is 0 Å². The van der Waals surface area contributed by atoms with E-state index in [0.29, 0.717) is 28.4 Å². The highest BCUT2D eigenvalue weighted by Gasteiger charge is 2.15. The molecule has 0 bridgehead atoms. The highest BCUT2D eigenvalue weighted by molar-refractivity contribution is 6.12. The summed E-state index contributed by atoms with van der Waals surface area (Å²) < 4.78 is 6.67. The zero-order chi connectivity index (χ0) is 18.5. The zero-order valence-corrected chi connectivity index (χ0v) is 14.4. The van der Waals surface area contributed by atoms with Gasteiger partial charge in [-0.05, 0) is 36.4 Å². The van der Waals surface area contributed by atoms with Crippen LogP contribution in [0.4, 0.5) is 11.5 Å². The van der Waals surface area contributed by atoms with Gasteiger partial charge in [0.1, 0.15) is 5.75 Å². The lowest BCUT2D eigenvalue weighted by Gasteiger charge is -2.11. The summed E-state index contributed by atoms with van der Waals surface area (Å²) in [7, 11) is 3.32. The van der Waals surface area contributed by atoms with Crippen molar-refractivity contribution in [1.29, 1.82) is 0 Å². The average Bonchev–Trinajstić information content (AvgIpc) is 3.06. The topological polar surface area (TPSA) is 85.2 Å². The molecule has 0 aliphatic carbocycles. The number of anilines is 2. The van der Waals surface area contributed by atoms with Crippen molar-refractivity contribution in [2.75, 3.05) is 17.7 Å². The van der Waals surface area contributed by atoms with E-state index < -0.39 is 0 Å². The summed E-state index contributed by atoms with van der Waals surface area (Å²) in [6, 6.07) is 15.2. The lowest BCUT2D eigenvalue weighted by molar-refractivity contribution is 0.102. The molecule has 0 radical (unpaired) electrons. The number of benzene rings is 2. The largest absolute Gasteiger partial charge is 0.497 e. The van der Waals surface area contributed by atoms with Crippen molar-refractivity contribution in [2.24, 2.45) is 7.05 Å². The Hall–Kier alpha value is -3.61. The fourth-order valence-electron chi connectivity index (χ4n) is 2.39. The van der Waals surface area contributed by atoms with Crippen LogP contribution in [0.15, 0.2) is 60.8 Å². The van der Waals surface area contributed by atoms with Gasteiger partial charge in [0, 0.05) is 24.9 Å². The molecule has 7 heteroatoms. The van der Waals surface area contributed by atoms with Crippen LogP contribution in [0.5, 0.6) is 5.75 Å². The van der Waals surface area contributed by atoms with Gasteiger partial charge in [-0.25, -0.2) is 0 Å². The van der Waals surface area contributed by atoms with Crippen molar-refractivity contribution >= 4 is 23.3 Å². The number of nitrogens with zero attached hydrogens (tertiary/aromatic N) is 2. The van der Waals surface area contributed by atoms with Crippen LogP contribution in [0.3, 0.4) is 0 Å². The number of para-hydroxylation sites is 1. The molecule has 3 aromatic rings. The van der Waals surface area contributed by atoms with Gasteiger partial charge in [-0.3, -0.25) is 14.3 Å². The van der Waals surface area contributed by atoms with Crippen molar-refractivity contribution < 1.29 is 14.3 Å². The predicted molar refractivity (Wildman–Crippen MR) is 98.6 cm³/mol. The first kappa shape index (κ1) is 17.2. The van der Waals surface area contributed by atoms with E-state index in [9.17, 15) is 9.59 Å². The Morgan fingerprint density at radius 1 is 0.962 bits per heavy atom. The van der Waals surface area contributed by atoms with E-state index >= 15 is 0 Å². The van der Waals surface area contributed by atoms with Gasteiger partial charge in [0.15, 0.2) is 5.82 Å². The Morgan fingerprint density at radius 3 is 2.35 bits per heavy atom. The number of nitrogens with one attached hydrogen (secondary N) is 2. The van der Waals surface area contributed by atoms with E-state index in [4.69, 9.17) is 4.74 Å². The van der Waals surface area contributed by atoms with Gasteiger partial charge in [0.05, 0.1) is 18.4 Å². The van der Waals surface area contributed by atoms with Crippen molar-refractivity contribution in [2.45, 2.75) is 0 Å². The minimum atomic E-state index is -0.352. The van der Waals surface area contributed by atoms with Crippen LogP contribution in [0.25, 0.3) is 0 Å². The highest BCUT2D eigenvalue weighted by atomic mass is 16.5. The van der Waals surface area contributed by atoms with Crippen molar-refractivity contribution in [1.82, 2.24) is 9.78 Å². The van der Waals surface area contributed by atoms with Crippen LogP contribution >= 0.6 is 0 Å². The second kappa shape index (κ2) is 7.52. The minimum absolute atomic E-state index is 0.314. The van der Waals surface area contributed by atoms with E-state index in [-0.39, 0.29) is 11.8 Å². The fourth-order valence-corrected chi connectivity index (χ4v) is 2.39. The van der Waals surface area contributed by atoms with Gasteiger partial charge in [0.2, 0.25) is 0 Å². The standard InChI is InChI=1S/C19H18N4O3/c1-23-12-11-17(22-23)21-19(25)15-5-3-4-6-16(15)20-18(24)13-7-9-14(26-2)10-8-13/h3-12H,1-2H3,(H,20,24)(H,21,22,25). The third kappa shape index (κ3) is 3.89. The second-order valence-corrected chi connectivity index (χ2v) is 5.56. The lowest BCUT2D eigenvalue weighted by atomic mass is 10.1. The average molecular weight is 350 g/mol. The maximum Gasteiger partial charge on any atom is 0.258 e. The van der Waals surface area contributed by atoms with E-state index in [0.717, 1.165) is 0 Å². The number of aromatic nitrogens is 2. The summed E-state index contributed by atoms with van der Waals surface area (Å²) in [6.45, 7) is 0. The summed E-state index contributed by atoms with van der Waals surface area (Å²) >= 11 is 0. The van der Waals surface area contributed by atoms with Crippen LogP contribution in [0.2, 0.25) is 0 Å². The van der Waals surface area contributed by atoms with E-state index in [1.165, 1.54) is 0 Å². The number of hydrogen-bond donors (Lipinski definition) is 2. The van der Waals surface area contributed by atoms with Crippen LogP contribution in [-0.2, 0) is 7.05 Å². The molecule has 0 aliphatic rings. The Bertz CT molecular complexity index is 932. The molecule has 0 spiro atoms. The molecule has 26 heavy (non-hydrogen) atoms. The smallest absolute Gasteiger partial charge is 0.258 e. The third-order valence-corrected chi connectivity index (χ3v) is 3.73. The molecule has 0 aliphatic heterocycles. The summed E-state index contributed by atoms with van der Waals surface area (Å²) in [4.78, 5) is 25.0. The molecular weight excluding hydrogens is 332 g/mol. The van der Waals surface area contributed by atoms with Crippen LogP contribution in [0.1, 0.15) is 20.7 Å². The number of hydrogen-bond acceptors (Lipinski definition) is 4. The molecule has 1 aromatic heterocycles. The minimum Gasteiger partial charge on any atom is -0.497 e. The summed E-state index contributed by atoms with van der Waals surface area (Å²) in [5.74, 6) is 0.436. The van der Waals surface area contributed by atoms with E-state index in [2.05, 4.69) is 15.7 Å². The van der Waals surface area contributed by atoms with Gasteiger partial charge >= 0.3 is 0 Å². The third-order valence-electron chi connectivity index (χ3n) is 3.73. The molecule has 0 unspecified atom stereocenters. The number of ether oxygens (including phenoxy) is 1. The molecule has 2 amide bonds. The first-order valence-electron chi connectivity index (χ1n) is 7.92. The van der Waals surface area contributed by atoms with Gasteiger partial charge in [-0.15, -0.1) is 0 Å². The molecule has 0 atom stereocenters. The predicted octanol–water partition coefficient (Wildman–Crippen LogP) is 2.93. The fraction of sp³-hybridized carbons (Fsp3) is 0.105. The Morgan fingerprint density at radius 2 is 1.69 bits per heavy atom. The molecule has 1 heterocycles. The first-order valence-corrected chi connectivity index (χ1v) is 7.92. The number of amides is 2. The van der Waals surface area contributed by atoms with Crippen molar-refractivity contribution in [3.8, 4) is 5.75 Å². The van der Waals surface area contributed by atoms with Crippen LogP contribution in [-0.4, -0.2) is 28.7 Å².